The van der Waals surface area contributed by atoms with Gasteiger partial charge in [0.1, 0.15) is 31.1 Å². The lowest BCUT2D eigenvalue weighted by Crippen LogP contribution is -2.39. The van der Waals surface area contributed by atoms with E-state index in [4.69, 9.17) is 11.5 Å². The Morgan fingerprint density at radius 2 is 0.985 bits per heavy atom. The lowest BCUT2D eigenvalue weighted by molar-refractivity contribution is 0.253. The van der Waals surface area contributed by atoms with Gasteiger partial charge in [-0.3, -0.25) is 23.5 Å². The number of aliphatic imine (C=N–C) groups is 1. The Labute approximate surface area is 379 Å². The molecular formula is C38H33N11O14S4. The maximum atomic E-state index is 12.2. The average Bonchev–Trinajstić information content (AvgIpc) is 3.20. The molecule has 0 fully saturated rings. The first-order chi connectivity index (χ1) is 31.2. The third-order valence-electron chi connectivity index (χ3n) is 8.95. The number of carbonyl (C=O) groups is 2. The van der Waals surface area contributed by atoms with Crippen LogP contribution in [0.1, 0.15) is 5.56 Å². The van der Waals surface area contributed by atoms with E-state index in [1.54, 1.807) is 6.92 Å². The lowest BCUT2D eigenvalue weighted by atomic mass is 10.1. The van der Waals surface area contributed by atoms with Gasteiger partial charge in [0.05, 0.1) is 22.7 Å². The quantitative estimate of drug-likeness (QED) is 0.0251. The van der Waals surface area contributed by atoms with Crippen molar-refractivity contribution in [2.45, 2.75) is 26.5 Å². The Morgan fingerprint density at radius 3 is 1.43 bits per heavy atom. The van der Waals surface area contributed by atoms with E-state index >= 15 is 0 Å². The van der Waals surface area contributed by atoms with Gasteiger partial charge in [0.15, 0.2) is 0 Å². The summed E-state index contributed by atoms with van der Waals surface area (Å²) in [6.45, 7) is 5.42. The number of benzene rings is 6. The molecule has 0 aliphatic heterocycles. The Kier molecular flexibility index (Phi) is 13.5. The molecule has 348 valence electrons. The highest BCUT2D eigenvalue weighted by atomic mass is 32.2. The van der Waals surface area contributed by atoms with Gasteiger partial charge in [-0.05, 0) is 85.3 Å². The molecule has 0 heterocycles. The van der Waals surface area contributed by atoms with E-state index < -0.39 is 72.1 Å². The van der Waals surface area contributed by atoms with Crippen molar-refractivity contribution in [3.63, 3.8) is 0 Å². The molecule has 0 saturated carbocycles. The normalized spacial score (nSPS) is 12.7. The Balaban J connectivity index is 1.24. The highest BCUT2D eigenvalue weighted by Gasteiger charge is 2.23. The molecular weight excluding hydrogens is 963 g/mol. The molecule has 67 heavy (non-hydrogen) atoms. The van der Waals surface area contributed by atoms with Gasteiger partial charge in [-0.1, -0.05) is 30.8 Å². The second-order valence-electron chi connectivity index (χ2n) is 13.8. The molecule has 0 saturated heterocycles. The first-order valence-electron chi connectivity index (χ1n) is 18.2. The zero-order valence-electron chi connectivity index (χ0n) is 33.8. The van der Waals surface area contributed by atoms with Gasteiger partial charge in [0, 0.05) is 32.9 Å². The molecule has 6 rings (SSSR count). The van der Waals surface area contributed by atoms with Crippen molar-refractivity contribution in [3.8, 4) is 0 Å². The first-order valence-corrected chi connectivity index (χ1v) is 24.0. The van der Waals surface area contributed by atoms with Crippen LogP contribution in [0.15, 0.2) is 154 Å². The van der Waals surface area contributed by atoms with Gasteiger partial charge in [-0.2, -0.15) is 54.0 Å². The minimum atomic E-state index is -4.96. The molecule has 0 radical (unpaired) electrons. The predicted octanol–water partition coefficient (Wildman–Crippen LogP) is 6.63. The Morgan fingerprint density at radius 1 is 0.522 bits per heavy atom. The van der Waals surface area contributed by atoms with E-state index in [9.17, 15) is 61.5 Å². The van der Waals surface area contributed by atoms with E-state index in [1.807, 2.05) is 0 Å². The number of nitrogens with zero attached hydrogens (tertiary/aromatic N) is 5. The number of hydrogen-bond acceptors (Lipinski definition) is 16. The van der Waals surface area contributed by atoms with Crippen LogP contribution in [-0.2, 0) is 40.5 Å². The van der Waals surface area contributed by atoms with Crippen molar-refractivity contribution in [2.24, 2.45) is 36.9 Å². The van der Waals surface area contributed by atoms with E-state index in [-0.39, 0.29) is 67.4 Å². The van der Waals surface area contributed by atoms with Crippen LogP contribution in [0.5, 0.6) is 0 Å². The summed E-state index contributed by atoms with van der Waals surface area (Å²) in [5, 5.41) is 25.4. The van der Waals surface area contributed by atoms with Gasteiger partial charge >= 0.3 is 12.1 Å². The molecule has 6 aromatic rings. The number of nitrogens with two attached hydrogens (primary N) is 2. The Bertz CT molecular complexity index is 3640. The average molecular weight is 996 g/mol. The maximum Gasteiger partial charge on any atom is 0.318 e. The highest BCUT2D eigenvalue weighted by Crippen LogP contribution is 2.37. The molecule has 12 N–H and O–H groups in total. The topological polar surface area (TPSA) is 414 Å². The van der Waals surface area contributed by atoms with Crippen LogP contribution in [0.3, 0.4) is 0 Å². The van der Waals surface area contributed by atoms with Crippen molar-refractivity contribution in [3.05, 3.63) is 115 Å². The minimum absolute atomic E-state index is 0.0717. The number of anilines is 3. The number of guanidine groups is 1. The number of rotatable bonds is 13. The third-order valence-corrected chi connectivity index (χ3v) is 12.6. The summed E-state index contributed by atoms with van der Waals surface area (Å²) in [4.78, 5) is 25.3. The number of hydrogen-bond donors (Lipinski definition) is 10. The number of amides is 4. The smallest absolute Gasteiger partial charge is 0.318 e. The SMILES string of the molecule is C=C(/N=C(\NC(N)=O)Nc1ccc(/N=N/c2cc(S(=O)(=O)O)c3cccc(S(=O)(=O)O)c3c2)c(C)c1)Nc1ccc(/N=N/c2cc(S(=O)(=O)O)c3cccc(S(=O)(=O)O)c3c2)c(NC(N)=O)c1. The molecule has 29 heteroatoms. The maximum absolute atomic E-state index is 12.2. The van der Waals surface area contributed by atoms with E-state index in [1.165, 1.54) is 54.6 Å². The van der Waals surface area contributed by atoms with E-state index in [0.29, 0.717) is 11.3 Å². The third kappa shape index (κ3) is 11.9. The van der Waals surface area contributed by atoms with Crippen LogP contribution in [0.2, 0.25) is 0 Å². The molecule has 0 spiro atoms. The standard InChI is InChI=1S/C38H33N11O14S4/c1-19-13-21(9-11-29(19)48-46-23-14-27-25(34(17-23)66(58,59)60)5-3-7-32(27)64(52,53)54)43-38(45-37(40)51)42-20(2)41-22-10-12-30(31(16-22)44-36(39)50)49-47-24-15-28-26(35(18-24)67(61,62)63)6-4-8-33(28)65(55,56)57/h3-18,41H,2H2,1H3,(H3,39,44,50)(H,52,53,54)(H,55,56,57)(H,58,59,60)(H,61,62,63)(H4,40,42,43,45,51)/b48-46+,49-47+. The fraction of sp³-hybridized carbons (Fsp3) is 0.0263. The van der Waals surface area contributed by atoms with Gasteiger partial charge in [-0.25, -0.2) is 9.59 Å². The van der Waals surface area contributed by atoms with Crippen LogP contribution in [0.4, 0.5) is 49.4 Å². The zero-order chi connectivity index (χ0) is 49.2. The number of urea groups is 2. The molecule has 0 aliphatic rings. The summed E-state index contributed by atoms with van der Waals surface area (Å²) >= 11 is 0. The fourth-order valence-electron chi connectivity index (χ4n) is 6.28. The number of azo groups is 2. The van der Waals surface area contributed by atoms with Crippen LogP contribution in [-0.4, -0.2) is 69.9 Å². The summed E-state index contributed by atoms with van der Waals surface area (Å²) in [7, 11) is -19.6. The van der Waals surface area contributed by atoms with Crippen molar-refractivity contribution in [1.29, 1.82) is 0 Å². The van der Waals surface area contributed by atoms with Crippen LogP contribution >= 0.6 is 0 Å². The number of nitrogens with one attached hydrogen (secondary N) is 4. The van der Waals surface area contributed by atoms with Crippen molar-refractivity contribution < 1.29 is 61.5 Å². The van der Waals surface area contributed by atoms with Crippen molar-refractivity contribution in [1.82, 2.24) is 5.32 Å². The first kappa shape index (κ1) is 48.7. The summed E-state index contributed by atoms with van der Waals surface area (Å²) in [5.74, 6) is -0.377. The van der Waals surface area contributed by atoms with Crippen molar-refractivity contribution in [2.75, 3.05) is 16.0 Å². The van der Waals surface area contributed by atoms with Gasteiger partial charge in [0.25, 0.3) is 40.5 Å². The highest BCUT2D eigenvalue weighted by molar-refractivity contribution is 7.87. The van der Waals surface area contributed by atoms with Crippen LogP contribution in [0.25, 0.3) is 21.5 Å². The lowest BCUT2D eigenvalue weighted by Gasteiger charge is -2.14. The molecule has 25 nitrogen and oxygen atoms in total. The minimum Gasteiger partial charge on any atom is -0.351 e. The van der Waals surface area contributed by atoms with Gasteiger partial charge in [0.2, 0.25) is 5.96 Å². The largest absolute Gasteiger partial charge is 0.351 e. The van der Waals surface area contributed by atoms with E-state index in [0.717, 1.165) is 42.5 Å². The van der Waals surface area contributed by atoms with Crippen molar-refractivity contribution >= 4 is 120 Å². The molecule has 0 atom stereocenters. The summed E-state index contributed by atoms with van der Waals surface area (Å²) in [6.07, 6.45) is 0. The summed E-state index contributed by atoms with van der Waals surface area (Å²) in [5.41, 5.74) is 11.3. The second-order valence-corrected chi connectivity index (χ2v) is 19.3. The molecule has 0 aliphatic carbocycles. The number of carbonyl (C=O) groups excluding carboxylic acids is 2. The van der Waals surface area contributed by atoms with Crippen LogP contribution in [0, 0.1) is 6.92 Å². The predicted molar refractivity (Wildman–Crippen MR) is 243 cm³/mol. The van der Waals surface area contributed by atoms with Gasteiger partial charge < -0.3 is 27.4 Å². The number of aryl methyl sites for hydroxylation is 1. The second kappa shape index (κ2) is 18.6. The van der Waals surface area contributed by atoms with Gasteiger partial charge in [-0.15, -0.1) is 5.11 Å². The zero-order valence-corrected chi connectivity index (χ0v) is 37.1. The monoisotopic (exact) mass is 995 g/mol. The van der Waals surface area contributed by atoms with E-state index in [2.05, 4.69) is 53.3 Å². The number of fused-ring (bicyclic) bond motifs is 2. The fourth-order valence-corrected chi connectivity index (χ4v) is 9.13. The molecule has 0 aromatic heterocycles. The summed E-state index contributed by atoms with van der Waals surface area (Å²) in [6, 6.07) is 17.3. The summed E-state index contributed by atoms with van der Waals surface area (Å²) < 4.78 is 136. The molecule has 0 bridgehead atoms. The number of primary amides is 2. The van der Waals surface area contributed by atoms with Crippen LogP contribution < -0.4 is 32.7 Å². The molecule has 4 amide bonds. The molecule has 6 aromatic carbocycles. The molecule has 0 unspecified atom stereocenters. The Hall–Kier alpha value is -7.77.